The summed E-state index contributed by atoms with van der Waals surface area (Å²) in [6, 6.07) is 12.5. The van der Waals surface area contributed by atoms with Crippen molar-refractivity contribution in [3.8, 4) is 5.75 Å². The van der Waals surface area contributed by atoms with Crippen molar-refractivity contribution < 1.29 is 13.9 Å². The zero-order valence-corrected chi connectivity index (χ0v) is 15.2. The van der Waals surface area contributed by atoms with E-state index in [1.165, 1.54) is 12.1 Å². The van der Waals surface area contributed by atoms with Crippen molar-refractivity contribution in [3.05, 3.63) is 60.0 Å². The maximum atomic E-state index is 13.3. The molecule has 0 saturated carbocycles. The van der Waals surface area contributed by atoms with Crippen LogP contribution in [-0.2, 0) is 11.2 Å². The molecule has 0 atom stereocenters. The molecule has 5 nitrogen and oxygen atoms in total. The van der Waals surface area contributed by atoms with Gasteiger partial charge in [0.25, 0.3) is 0 Å². The minimum absolute atomic E-state index is 0.0971. The van der Waals surface area contributed by atoms with E-state index in [0.717, 1.165) is 41.0 Å². The van der Waals surface area contributed by atoms with Gasteiger partial charge in [-0.05, 0) is 35.9 Å². The van der Waals surface area contributed by atoms with Crippen molar-refractivity contribution in [3.63, 3.8) is 0 Å². The molecule has 0 unspecified atom stereocenters. The van der Waals surface area contributed by atoms with E-state index in [9.17, 15) is 9.18 Å². The molecule has 3 aromatic rings. The van der Waals surface area contributed by atoms with Crippen LogP contribution in [0.25, 0.3) is 10.9 Å². The summed E-state index contributed by atoms with van der Waals surface area (Å²) in [4.78, 5) is 19.9. The van der Waals surface area contributed by atoms with Crippen LogP contribution in [-0.4, -0.2) is 49.1 Å². The number of hydrogen-bond acceptors (Lipinski definition) is 3. The second kappa shape index (κ2) is 7.31. The smallest absolute Gasteiger partial charge is 0.227 e. The summed E-state index contributed by atoms with van der Waals surface area (Å²) >= 11 is 0. The van der Waals surface area contributed by atoms with Crippen molar-refractivity contribution in [2.75, 3.05) is 38.2 Å². The number of hydrogen-bond donors (Lipinski definition) is 1. The summed E-state index contributed by atoms with van der Waals surface area (Å²) in [5.41, 5.74) is 2.69. The standard InChI is InChI=1S/C21H22FN3O2/c1-27-20-5-3-2-4-19(20)24-8-10-25(11-9-24)21(26)12-15-14-23-18-13-16(22)6-7-17(15)18/h2-7,13-14,23H,8-12H2,1H3. The number of fused-ring (bicyclic) bond motifs is 1. The Morgan fingerprint density at radius 2 is 1.93 bits per heavy atom. The van der Waals surface area contributed by atoms with Gasteiger partial charge in [-0.25, -0.2) is 4.39 Å². The molecule has 0 spiro atoms. The van der Waals surface area contributed by atoms with Crippen LogP contribution >= 0.6 is 0 Å². The maximum Gasteiger partial charge on any atom is 0.227 e. The monoisotopic (exact) mass is 367 g/mol. The number of carbonyl (C=O) groups excluding carboxylic acids is 1. The number of nitrogens with one attached hydrogen (secondary N) is 1. The van der Waals surface area contributed by atoms with E-state index in [0.29, 0.717) is 19.5 Å². The predicted molar refractivity (Wildman–Crippen MR) is 104 cm³/mol. The van der Waals surface area contributed by atoms with Crippen molar-refractivity contribution >= 4 is 22.5 Å². The van der Waals surface area contributed by atoms with E-state index in [1.807, 2.05) is 29.2 Å². The lowest BCUT2D eigenvalue weighted by atomic mass is 10.1. The van der Waals surface area contributed by atoms with E-state index in [-0.39, 0.29) is 11.7 Å². The number of halogens is 1. The second-order valence-electron chi connectivity index (χ2n) is 6.72. The third kappa shape index (κ3) is 3.47. The fourth-order valence-electron chi connectivity index (χ4n) is 3.67. The average Bonchev–Trinajstić information content (AvgIpc) is 3.09. The van der Waals surface area contributed by atoms with E-state index in [1.54, 1.807) is 19.4 Å². The first-order chi connectivity index (χ1) is 13.2. The molecule has 0 radical (unpaired) electrons. The van der Waals surface area contributed by atoms with Gasteiger partial charge in [0, 0.05) is 43.3 Å². The van der Waals surface area contributed by atoms with Crippen molar-refractivity contribution in [1.82, 2.24) is 9.88 Å². The van der Waals surface area contributed by atoms with Crippen LogP contribution in [0.4, 0.5) is 10.1 Å². The van der Waals surface area contributed by atoms with Gasteiger partial charge >= 0.3 is 0 Å². The van der Waals surface area contributed by atoms with Gasteiger partial charge in [0.15, 0.2) is 0 Å². The number of carbonyl (C=O) groups is 1. The SMILES string of the molecule is COc1ccccc1N1CCN(C(=O)Cc2c[nH]c3cc(F)ccc23)CC1. The van der Waals surface area contributed by atoms with Gasteiger partial charge in [0.05, 0.1) is 19.2 Å². The molecule has 1 amide bonds. The number of H-pyrrole nitrogens is 1. The number of amides is 1. The molecule has 1 saturated heterocycles. The Balaban J connectivity index is 1.41. The van der Waals surface area contributed by atoms with Gasteiger partial charge in [-0.1, -0.05) is 12.1 Å². The van der Waals surface area contributed by atoms with E-state index >= 15 is 0 Å². The van der Waals surface area contributed by atoms with Crippen LogP contribution in [0.1, 0.15) is 5.56 Å². The molecule has 1 aromatic heterocycles. The molecule has 6 heteroatoms. The third-order valence-electron chi connectivity index (χ3n) is 5.13. The normalized spacial score (nSPS) is 14.6. The number of nitrogens with zero attached hydrogens (tertiary/aromatic N) is 2. The quantitative estimate of drug-likeness (QED) is 0.770. The number of aromatic nitrogens is 1. The minimum Gasteiger partial charge on any atom is -0.495 e. The first-order valence-electron chi connectivity index (χ1n) is 9.07. The summed E-state index contributed by atoms with van der Waals surface area (Å²) in [5.74, 6) is 0.665. The van der Waals surface area contributed by atoms with Crippen LogP contribution < -0.4 is 9.64 Å². The van der Waals surface area contributed by atoms with Crippen LogP contribution in [0.3, 0.4) is 0 Å². The Kier molecular flexibility index (Phi) is 4.71. The first kappa shape index (κ1) is 17.4. The summed E-state index contributed by atoms with van der Waals surface area (Å²) in [5, 5.41) is 0.900. The molecule has 4 rings (SSSR count). The van der Waals surface area contributed by atoms with Crippen LogP contribution in [0.15, 0.2) is 48.7 Å². The highest BCUT2D eigenvalue weighted by Crippen LogP contribution is 2.28. The van der Waals surface area contributed by atoms with Crippen molar-refractivity contribution in [2.45, 2.75) is 6.42 Å². The largest absolute Gasteiger partial charge is 0.495 e. The Bertz CT molecular complexity index is 961. The maximum absolute atomic E-state index is 13.3. The lowest BCUT2D eigenvalue weighted by molar-refractivity contribution is -0.130. The highest BCUT2D eigenvalue weighted by atomic mass is 19.1. The van der Waals surface area contributed by atoms with Crippen molar-refractivity contribution in [1.29, 1.82) is 0 Å². The van der Waals surface area contributed by atoms with Crippen LogP contribution in [0.2, 0.25) is 0 Å². The molecule has 2 aromatic carbocycles. The summed E-state index contributed by atoms with van der Waals surface area (Å²) in [7, 11) is 1.67. The molecule has 1 N–H and O–H groups in total. The fraction of sp³-hybridized carbons (Fsp3) is 0.286. The summed E-state index contributed by atoms with van der Waals surface area (Å²) in [6.45, 7) is 2.89. The number of benzene rings is 2. The average molecular weight is 367 g/mol. The highest BCUT2D eigenvalue weighted by Gasteiger charge is 2.23. The van der Waals surface area contributed by atoms with Gasteiger partial charge in [-0.3, -0.25) is 4.79 Å². The summed E-state index contributed by atoms with van der Waals surface area (Å²) < 4.78 is 18.8. The Morgan fingerprint density at radius 1 is 1.15 bits per heavy atom. The summed E-state index contributed by atoms with van der Waals surface area (Å²) in [6.07, 6.45) is 2.12. The number of anilines is 1. The molecule has 1 aliphatic rings. The topological polar surface area (TPSA) is 48.6 Å². The number of aromatic amines is 1. The van der Waals surface area contributed by atoms with Gasteiger partial charge in [-0.15, -0.1) is 0 Å². The van der Waals surface area contributed by atoms with Crippen molar-refractivity contribution in [2.24, 2.45) is 0 Å². The molecule has 140 valence electrons. The Labute approximate surface area is 157 Å². The number of piperazine rings is 1. The predicted octanol–water partition coefficient (Wildman–Crippen LogP) is 3.21. The number of rotatable bonds is 4. The lowest BCUT2D eigenvalue weighted by Gasteiger charge is -2.36. The minimum atomic E-state index is -0.283. The van der Waals surface area contributed by atoms with Gasteiger partial charge < -0.3 is 19.5 Å². The number of para-hydroxylation sites is 2. The first-order valence-corrected chi connectivity index (χ1v) is 9.07. The molecule has 0 aliphatic carbocycles. The second-order valence-corrected chi connectivity index (χ2v) is 6.72. The molecule has 2 heterocycles. The fourth-order valence-corrected chi connectivity index (χ4v) is 3.67. The molecule has 0 bridgehead atoms. The van der Waals surface area contributed by atoms with Crippen LogP contribution in [0, 0.1) is 5.82 Å². The number of methoxy groups -OCH3 is 1. The Hall–Kier alpha value is -3.02. The van der Waals surface area contributed by atoms with Gasteiger partial charge in [0.2, 0.25) is 5.91 Å². The molecule has 27 heavy (non-hydrogen) atoms. The molecule has 1 aliphatic heterocycles. The molecular formula is C21H22FN3O2. The van der Waals surface area contributed by atoms with E-state index in [2.05, 4.69) is 9.88 Å². The highest BCUT2D eigenvalue weighted by molar-refractivity contribution is 5.89. The van der Waals surface area contributed by atoms with Gasteiger partial charge in [0.1, 0.15) is 11.6 Å². The zero-order chi connectivity index (χ0) is 18.8. The Morgan fingerprint density at radius 3 is 2.70 bits per heavy atom. The lowest BCUT2D eigenvalue weighted by Crippen LogP contribution is -2.49. The number of ether oxygens (including phenoxy) is 1. The van der Waals surface area contributed by atoms with Crippen LogP contribution in [0.5, 0.6) is 5.75 Å². The molecular weight excluding hydrogens is 345 g/mol. The van der Waals surface area contributed by atoms with Gasteiger partial charge in [-0.2, -0.15) is 0 Å². The van der Waals surface area contributed by atoms with E-state index < -0.39 is 0 Å². The zero-order valence-electron chi connectivity index (χ0n) is 15.2. The van der Waals surface area contributed by atoms with E-state index in [4.69, 9.17) is 4.74 Å². The molecule has 1 fully saturated rings. The third-order valence-corrected chi connectivity index (χ3v) is 5.13.